The highest BCUT2D eigenvalue weighted by Crippen LogP contribution is 2.20. The lowest BCUT2D eigenvalue weighted by Crippen LogP contribution is -2.29. The first-order valence-corrected chi connectivity index (χ1v) is 4.57. The molecule has 0 radical (unpaired) electrons. The van der Waals surface area contributed by atoms with E-state index in [1.54, 1.807) is 25.1 Å². The molecule has 4 nitrogen and oxygen atoms in total. The van der Waals surface area contributed by atoms with Gasteiger partial charge in [-0.25, -0.2) is 4.79 Å². The molecular weight excluding hydrogens is 196 g/mol. The average Bonchev–Trinajstić information content (AvgIpc) is 2.26. The zero-order valence-corrected chi connectivity index (χ0v) is 8.68. The Morgan fingerprint density at radius 1 is 1.33 bits per heavy atom. The molecule has 0 amide bonds. The van der Waals surface area contributed by atoms with Crippen LogP contribution in [0.1, 0.15) is 17.2 Å². The van der Waals surface area contributed by atoms with Crippen molar-refractivity contribution in [1.29, 1.82) is 0 Å². The summed E-state index contributed by atoms with van der Waals surface area (Å²) in [4.78, 5) is 11.0. The molecule has 0 heterocycles. The molecule has 0 fully saturated rings. The second-order valence-corrected chi connectivity index (χ2v) is 3.27. The maximum absolute atomic E-state index is 11.0. The van der Waals surface area contributed by atoms with Gasteiger partial charge >= 0.3 is 5.97 Å². The van der Waals surface area contributed by atoms with Crippen molar-refractivity contribution in [2.24, 2.45) is 0 Å². The molecule has 0 saturated carbocycles. The van der Waals surface area contributed by atoms with Gasteiger partial charge in [-0.3, -0.25) is 0 Å². The molecule has 2 atom stereocenters. The Kier molecular flexibility index (Phi) is 3.82. The topological polar surface area (TPSA) is 66.8 Å². The van der Waals surface area contributed by atoms with Crippen LogP contribution < -0.4 is 0 Å². The van der Waals surface area contributed by atoms with Gasteiger partial charge in [0.05, 0.1) is 7.11 Å². The van der Waals surface area contributed by atoms with Gasteiger partial charge in [0, 0.05) is 0 Å². The number of carbonyl (C=O) groups excluding carboxylic acids is 1. The Morgan fingerprint density at radius 2 is 1.93 bits per heavy atom. The molecule has 0 spiro atoms. The average molecular weight is 210 g/mol. The highest BCUT2D eigenvalue weighted by Gasteiger charge is 2.27. The van der Waals surface area contributed by atoms with Crippen molar-refractivity contribution in [2.75, 3.05) is 7.11 Å². The van der Waals surface area contributed by atoms with E-state index in [0.29, 0.717) is 5.56 Å². The summed E-state index contributed by atoms with van der Waals surface area (Å²) in [6.45, 7) is 1.79. The Morgan fingerprint density at radius 3 is 2.47 bits per heavy atom. The Labute approximate surface area is 88.1 Å². The van der Waals surface area contributed by atoms with Crippen LogP contribution in [0.3, 0.4) is 0 Å². The molecule has 0 bridgehead atoms. The molecular formula is C11H14O4. The fraction of sp³-hybridized carbons (Fsp3) is 0.364. The van der Waals surface area contributed by atoms with Gasteiger partial charge in [-0.1, -0.05) is 24.3 Å². The summed E-state index contributed by atoms with van der Waals surface area (Å²) in [5, 5.41) is 19.2. The third-order valence-electron chi connectivity index (χ3n) is 2.25. The van der Waals surface area contributed by atoms with Crippen LogP contribution in [-0.4, -0.2) is 29.4 Å². The number of aliphatic hydroxyl groups is 2. The van der Waals surface area contributed by atoms with E-state index in [0.717, 1.165) is 12.7 Å². The van der Waals surface area contributed by atoms with E-state index in [1.807, 2.05) is 6.07 Å². The first-order valence-electron chi connectivity index (χ1n) is 4.57. The Balaban J connectivity index is 2.89. The molecule has 4 heteroatoms. The van der Waals surface area contributed by atoms with Gasteiger partial charge in [-0.05, 0) is 18.1 Å². The van der Waals surface area contributed by atoms with E-state index in [-0.39, 0.29) is 0 Å². The Hall–Kier alpha value is -1.39. The standard InChI is InChI=1S/C11H14O4/c1-7-5-3-4-6-8(7)9(12)10(13)11(14)15-2/h3-6,9-10,12-13H,1-2H3/t9-,10+/m1/s1. The second-order valence-electron chi connectivity index (χ2n) is 3.27. The van der Waals surface area contributed by atoms with E-state index in [4.69, 9.17) is 0 Å². The minimum atomic E-state index is -1.55. The van der Waals surface area contributed by atoms with Gasteiger partial charge in [0.15, 0.2) is 6.10 Å². The molecule has 2 N–H and O–H groups in total. The zero-order valence-electron chi connectivity index (χ0n) is 8.68. The second kappa shape index (κ2) is 4.91. The number of benzene rings is 1. The van der Waals surface area contributed by atoms with Gasteiger partial charge in [0.1, 0.15) is 6.10 Å². The normalized spacial score (nSPS) is 14.4. The first kappa shape index (κ1) is 11.7. The fourth-order valence-corrected chi connectivity index (χ4v) is 1.34. The van der Waals surface area contributed by atoms with Crippen LogP contribution in [0.4, 0.5) is 0 Å². The number of aliphatic hydroxyl groups excluding tert-OH is 2. The molecule has 0 unspecified atom stereocenters. The lowest BCUT2D eigenvalue weighted by atomic mass is 10.00. The van der Waals surface area contributed by atoms with Gasteiger partial charge in [0.2, 0.25) is 0 Å². The number of rotatable bonds is 3. The van der Waals surface area contributed by atoms with Crippen LogP contribution in [0.5, 0.6) is 0 Å². The van der Waals surface area contributed by atoms with Crippen LogP contribution in [0, 0.1) is 6.92 Å². The van der Waals surface area contributed by atoms with Gasteiger partial charge < -0.3 is 14.9 Å². The third kappa shape index (κ3) is 2.55. The minimum absolute atomic E-state index is 0.524. The summed E-state index contributed by atoms with van der Waals surface area (Å²) < 4.78 is 4.35. The lowest BCUT2D eigenvalue weighted by Gasteiger charge is -2.17. The quantitative estimate of drug-likeness (QED) is 0.715. The number of hydrogen-bond acceptors (Lipinski definition) is 4. The van der Waals surface area contributed by atoms with E-state index >= 15 is 0 Å². The molecule has 0 saturated heterocycles. The number of methoxy groups -OCH3 is 1. The van der Waals surface area contributed by atoms with Crippen molar-refractivity contribution < 1.29 is 19.7 Å². The zero-order chi connectivity index (χ0) is 11.4. The molecule has 0 aliphatic carbocycles. The van der Waals surface area contributed by atoms with E-state index in [9.17, 15) is 15.0 Å². The number of carbonyl (C=O) groups is 1. The maximum atomic E-state index is 11.0. The summed E-state index contributed by atoms with van der Waals surface area (Å²) >= 11 is 0. The first-order chi connectivity index (χ1) is 7.07. The largest absolute Gasteiger partial charge is 0.467 e. The van der Waals surface area contributed by atoms with Crippen molar-refractivity contribution in [3.05, 3.63) is 35.4 Å². The summed E-state index contributed by atoms with van der Waals surface area (Å²) in [6, 6.07) is 7.00. The van der Waals surface area contributed by atoms with Gasteiger partial charge in [0.25, 0.3) is 0 Å². The fourth-order valence-electron chi connectivity index (χ4n) is 1.34. The summed E-state index contributed by atoms with van der Waals surface area (Å²) in [7, 11) is 1.16. The monoisotopic (exact) mass is 210 g/mol. The van der Waals surface area contributed by atoms with Crippen LogP contribution in [0.2, 0.25) is 0 Å². The van der Waals surface area contributed by atoms with Gasteiger partial charge in [-0.15, -0.1) is 0 Å². The predicted octanol–water partition coefficient (Wildman–Crippen LogP) is 0.562. The highest BCUT2D eigenvalue weighted by molar-refractivity contribution is 5.75. The van der Waals surface area contributed by atoms with Crippen molar-refractivity contribution in [1.82, 2.24) is 0 Å². The molecule has 82 valence electrons. The number of ether oxygens (including phenoxy) is 1. The van der Waals surface area contributed by atoms with Crippen LogP contribution in [0.25, 0.3) is 0 Å². The van der Waals surface area contributed by atoms with Crippen molar-refractivity contribution in [2.45, 2.75) is 19.1 Å². The predicted molar refractivity (Wildman–Crippen MR) is 54.2 cm³/mol. The van der Waals surface area contributed by atoms with Gasteiger partial charge in [-0.2, -0.15) is 0 Å². The van der Waals surface area contributed by atoms with E-state index in [1.165, 1.54) is 0 Å². The van der Waals surface area contributed by atoms with Crippen molar-refractivity contribution in [3.8, 4) is 0 Å². The molecule has 0 aliphatic rings. The maximum Gasteiger partial charge on any atom is 0.337 e. The third-order valence-corrected chi connectivity index (χ3v) is 2.25. The van der Waals surface area contributed by atoms with E-state index < -0.39 is 18.2 Å². The SMILES string of the molecule is COC(=O)[C@@H](O)[C@H](O)c1ccccc1C. The number of aryl methyl sites for hydroxylation is 1. The molecule has 15 heavy (non-hydrogen) atoms. The van der Waals surface area contributed by atoms with Crippen molar-refractivity contribution >= 4 is 5.97 Å². The molecule has 0 aromatic heterocycles. The lowest BCUT2D eigenvalue weighted by molar-refractivity contribution is -0.156. The van der Waals surface area contributed by atoms with Crippen LogP contribution in [0.15, 0.2) is 24.3 Å². The smallest absolute Gasteiger partial charge is 0.337 e. The minimum Gasteiger partial charge on any atom is -0.467 e. The summed E-state index contributed by atoms with van der Waals surface area (Å²) in [5.74, 6) is -0.842. The summed E-state index contributed by atoms with van der Waals surface area (Å²) in [5.41, 5.74) is 1.34. The summed E-state index contributed by atoms with van der Waals surface area (Å²) in [6.07, 6.45) is -2.80. The van der Waals surface area contributed by atoms with Crippen molar-refractivity contribution in [3.63, 3.8) is 0 Å². The molecule has 1 rings (SSSR count). The van der Waals surface area contributed by atoms with Crippen LogP contribution >= 0.6 is 0 Å². The highest BCUT2D eigenvalue weighted by atomic mass is 16.5. The number of hydrogen-bond donors (Lipinski definition) is 2. The number of esters is 1. The Bertz CT molecular complexity index is 348. The molecule has 0 aliphatic heterocycles. The molecule has 1 aromatic carbocycles. The van der Waals surface area contributed by atoms with Crippen LogP contribution in [-0.2, 0) is 9.53 Å². The van der Waals surface area contributed by atoms with E-state index in [2.05, 4.69) is 4.74 Å². The molecule has 1 aromatic rings.